The number of anilines is 2. The van der Waals surface area contributed by atoms with Crippen LogP contribution in [0.1, 0.15) is 37.6 Å². The van der Waals surface area contributed by atoms with E-state index in [0.717, 1.165) is 37.3 Å². The molecule has 2 heterocycles. The molecule has 0 bridgehead atoms. The van der Waals surface area contributed by atoms with Gasteiger partial charge in [0.05, 0.1) is 12.2 Å². The van der Waals surface area contributed by atoms with Crippen LogP contribution in [0.2, 0.25) is 0 Å². The van der Waals surface area contributed by atoms with Crippen molar-refractivity contribution in [2.75, 3.05) is 17.2 Å². The Balaban J connectivity index is 1.84. The van der Waals surface area contributed by atoms with Gasteiger partial charge in [-0.05, 0) is 50.5 Å². The second-order valence-electron chi connectivity index (χ2n) is 5.75. The molecular weight excluding hydrogens is 248 g/mol. The van der Waals surface area contributed by atoms with Gasteiger partial charge in [-0.1, -0.05) is 6.07 Å². The van der Waals surface area contributed by atoms with Gasteiger partial charge in [-0.2, -0.15) is 5.10 Å². The average Bonchev–Trinajstić information content (AvgIpc) is 2.89. The fourth-order valence-corrected chi connectivity index (χ4v) is 2.84. The van der Waals surface area contributed by atoms with Crippen LogP contribution in [-0.2, 0) is 13.0 Å². The summed E-state index contributed by atoms with van der Waals surface area (Å²) in [6.45, 7) is 6.22. The van der Waals surface area contributed by atoms with Crippen LogP contribution in [0.5, 0.6) is 0 Å². The third-order valence-corrected chi connectivity index (χ3v) is 3.93. The highest BCUT2D eigenvalue weighted by atomic mass is 15.3. The van der Waals surface area contributed by atoms with Gasteiger partial charge in [-0.25, -0.2) is 0 Å². The van der Waals surface area contributed by atoms with E-state index in [1.165, 1.54) is 11.3 Å². The molecule has 0 radical (unpaired) electrons. The van der Waals surface area contributed by atoms with Crippen molar-refractivity contribution in [2.45, 2.75) is 39.3 Å². The summed E-state index contributed by atoms with van der Waals surface area (Å²) in [5.74, 6) is 0. The van der Waals surface area contributed by atoms with Crippen molar-refractivity contribution in [3.8, 4) is 0 Å². The zero-order chi connectivity index (χ0) is 14.1. The predicted octanol–water partition coefficient (Wildman–Crippen LogP) is 3.00. The first-order chi connectivity index (χ1) is 9.65. The van der Waals surface area contributed by atoms with Gasteiger partial charge in [0.15, 0.2) is 0 Å². The van der Waals surface area contributed by atoms with Gasteiger partial charge in [0, 0.05) is 30.2 Å². The van der Waals surface area contributed by atoms with Crippen LogP contribution >= 0.6 is 0 Å². The minimum atomic E-state index is 0.410. The molecular formula is C16H22N4. The second-order valence-corrected chi connectivity index (χ2v) is 5.75. The molecule has 1 aromatic heterocycles. The number of rotatable bonds is 3. The van der Waals surface area contributed by atoms with E-state index >= 15 is 0 Å². The lowest BCUT2D eigenvalue weighted by Gasteiger charge is -2.31. The maximum atomic E-state index is 6.09. The molecule has 3 rings (SSSR count). The van der Waals surface area contributed by atoms with Crippen molar-refractivity contribution in [3.05, 3.63) is 41.7 Å². The lowest BCUT2D eigenvalue weighted by molar-refractivity contribution is 0.524. The molecule has 1 aromatic carbocycles. The van der Waals surface area contributed by atoms with E-state index in [-0.39, 0.29) is 0 Å². The molecule has 4 heteroatoms. The first-order valence-corrected chi connectivity index (χ1v) is 7.31. The van der Waals surface area contributed by atoms with E-state index in [4.69, 9.17) is 5.73 Å². The van der Waals surface area contributed by atoms with Crippen molar-refractivity contribution in [1.29, 1.82) is 0 Å². The molecule has 0 saturated heterocycles. The molecule has 20 heavy (non-hydrogen) atoms. The van der Waals surface area contributed by atoms with Crippen molar-refractivity contribution >= 4 is 11.4 Å². The molecule has 0 atom stereocenters. The highest BCUT2D eigenvalue weighted by molar-refractivity contribution is 5.66. The van der Waals surface area contributed by atoms with Gasteiger partial charge in [0.25, 0.3) is 0 Å². The minimum absolute atomic E-state index is 0.410. The summed E-state index contributed by atoms with van der Waals surface area (Å²) in [7, 11) is 0. The van der Waals surface area contributed by atoms with Crippen molar-refractivity contribution < 1.29 is 0 Å². The molecule has 0 saturated carbocycles. The third kappa shape index (κ3) is 2.38. The Kier molecular flexibility index (Phi) is 3.38. The highest BCUT2D eigenvalue weighted by Gasteiger charge is 2.19. The Morgan fingerprint density at radius 2 is 2.15 bits per heavy atom. The monoisotopic (exact) mass is 270 g/mol. The van der Waals surface area contributed by atoms with E-state index in [0.29, 0.717) is 6.04 Å². The Morgan fingerprint density at radius 1 is 1.30 bits per heavy atom. The molecule has 0 amide bonds. The van der Waals surface area contributed by atoms with Crippen molar-refractivity contribution in [2.24, 2.45) is 0 Å². The molecule has 1 aliphatic rings. The SMILES string of the molecule is CC(C)n1ccc(CN2CCCc3c(N)cccc32)n1. The molecule has 0 spiro atoms. The number of fused-ring (bicyclic) bond motifs is 1. The van der Waals surface area contributed by atoms with E-state index in [2.05, 4.69) is 42.2 Å². The zero-order valence-corrected chi connectivity index (χ0v) is 12.2. The summed E-state index contributed by atoms with van der Waals surface area (Å²) in [6, 6.07) is 8.73. The minimum Gasteiger partial charge on any atom is -0.398 e. The third-order valence-electron chi connectivity index (χ3n) is 3.93. The Hall–Kier alpha value is -1.97. The summed E-state index contributed by atoms with van der Waals surface area (Å²) < 4.78 is 2.01. The normalized spacial score (nSPS) is 14.7. The quantitative estimate of drug-likeness (QED) is 0.872. The Morgan fingerprint density at radius 3 is 2.90 bits per heavy atom. The molecule has 1 aliphatic heterocycles. The first-order valence-electron chi connectivity index (χ1n) is 7.31. The number of aromatic nitrogens is 2. The van der Waals surface area contributed by atoms with Crippen LogP contribution < -0.4 is 10.6 Å². The number of nitrogens with zero attached hydrogens (tertiary/aromatic N) is 3. The Labute approximate surface area is 120 Å². The molecule has 4 nitrogen and oxygen atoms in total. The number of hydrogen-bond donors (Lipinski definition) is 1. The summed E-state index contributed by atoms with van der Waals surface area (Å²) in [4.78, 5) is 2.39. The zero-order valence-electron chi connectivity index (χ0n) is 12.2. The van der Waals surface area contributed by atoms with Crippen LogP contribution in [0.4, 0.5) is 11.4 Å². The Bertz CT molecular complexity index is 600. The summed E-state index contributed by atoms with van der Waals surface area (Å²) >= 11 is 0. The molecule has 0 fully saturated rings. The van der Waals surface area contributed by atoms with Crippen LogP contribution in [0.25, 0.3) is 0 Å². The summed E-state index contributed by atoms with van der Waals surface area (Å²) in [6.07, 6.45) is 4.30. The lowest BCUT2D eigenvalue weighted by Crippen LogP contribution is -2.29. The molecule has 0 unspecified atom stereocenters. The van der Waals surface area contributed by atoms with Gasteiger partial charge in [-0.3, -0.25) is 4.68 Å². The predicted molar refractivity (Wildman–Crippen MR) is 82.8 cm³/mol. The number of benzene rings is 1. The molecule has 0 aliphatic carbocycles. The lowest BCUT2D eigenvalue weighted by atomic mass is 10.00. The van der Waals surface area contributed by atoms with Gasteiger partial charge in [0.2, 0.25) is 0 Å². The van der Waals surface area contributed by atoms with E-state index in [1.807, 2.05) is 16.8 Å². The summed E-state index contributed by atoms with van der Waals surface area (Å²) in [5.41, 5.74) is 10.7. The number of nitrogen functional groups attached to an aromatic ring is 1. The molecule has 106 valence electrons. The standard InChI is InChI=1S/C16H22N4/c1-12(2)20-10-8-13(18-20)11-19-9-4-5-14-15(17)6-3-7-16(14)19/h3,6-8,10,12H,4-5,9,11,17H2,1-2H3. The number of nitrogens with two attached hydrogens (primary N) is 1. The van der Waals surface area contributed by atoms with Crippen LogP contribution in [0.3, 0.4) is 0 Å². The second kappa shape index (κ2) is 5.19. The molecule has 2 aromatic rings. The number of hydrogen-bond acceptors (Lipinski definition) is 3. The van der Waals surface area contributed by atoms with Gasteiger partial charge >= 0.3 is 0 Å². The van der Waals surface area contributed by atoms with Crippen LogP contribution in [0.15, 0.2) is 30.5 Å². The maximum absolute atomic E-state index is 6.09. The van der Waals surface area contributed by atoms with Crippen LogP contribution in [0, 0.1) is 0 Å². The van der Waals surface area contributed by atoms with Crippen molar-refractivity contribution in [3.63, 3.8) is 0 Å². The van der Waals surface area contributed by atoms with E-state index in [1.54, 1.807) is 0 Å². The van der Waals surface area contributed by atoms with Crippen molar-refractivity contribution in [1.82, 2.24) is 9.78 Å². The first kappa shape index (κ1) is 13.0. The largest absolute Gasteiger partial charge is 0.398 e. The van der Waals surface area contributed by atoms with E-state index in [9.17, 15) is 0 Å². The van der Waals surface area contributed by atoms with E-state index < -0.39 is 0 Å². The fraction of sp³-hybridized carbons (Fsp3) is 0.438. The topological polar surface area (TPSA) is 47.1 Å². The van der Waals surface area contributed by atoms with Gasteiger partial charge in [0.1, 0.15) is 0 Å². The molecule has 2 N–H and O–H groups in total. The van der Waals surface area contributed by atoms with Gasteiger partial charge < -0.3 is 10.6 Å². The fourth-order valence-electron chi connectivity index (χ4n) is 2.84. The summed E-state index contributed by atoms with van der Waals surface area (Å²) in [5, 5.41) is 4.64. The van der Waals surface area contributed by atoms with Gasteiger partial charge in [-0.15, -0.1) is 0 Å². The smallest absolute Gasteiger partial charge is 0.0817 e. The highest BCUT2D eigenvalue weighted by Crippen LogP contribution is 2.32. The maximum Gasteiger partial charge on any atom is 0.0817 e. The van der Waals surface area contributed by atoms with Crippen LogP contribution in [-0.4, -0.2) is 16.3 Å². The average molecular weight is 270 g/mol.